The lowest BCUT2D eigenvalue weighted by atomic mass is 9.78. The number of nitrogens with zero attached hydrogens (tertiary/aromatic N) is 1. The van der Waals surface area contributed by atoms with E-state index in [1.54, 1.807) is 11.0 Å². The van der Waals surface area contributed by atoms with Crippen molar-refractivity contribution >= 4 is 29.0 Å². The van der Waals surface area contributed by atoms with Crippen LogP contribution < -0.4 is 5.32 Å². The summed E-state index contributed by atoms with van der Waals surface area (Å²) < 4.78 is 13.2. The van der Waals surface area contributed by atoms with E-state index in [0.717, 1.165) is 0 Å². The third-order valence-electron chi connectivity index (χ3n) is 4.37. The number of alkyl halides is 1. The van der Waals surface area contributed by atoms with Gasteiger partial charge in [0, 0.05) is 36.3 Å². The molecule has 1 spiro atoms. The summed E-state index contributed by atoms with van der Waals surface area (Å²) in [5, 5.41) is 3.39. The van der Waals surface area contributed by atoms with E-state index in [-0.39, 0.29) is 23.1 Å². The highest BCUT2D eigenvalue weighted by Crippen LogP contribution is 2.37. The second kappa shape index (κ2) is 5.30. The lowest BCUT2D eigenvalue weighted by molar-refractivity contribution is -0.129. The van der Waals surface area contributed by atoms with E-state index in [0.29, 0.717) is 43.6 Å². The number of anilines is 1. The molecular formula is C15H16ClFN2O2. The molecule has 0 atom stereocenters. The van der Waals surface area contributed by atoms with Gasteiger partial charge >= 0.3 is 0 Å². The Hall–Kier alpha value is -1.62. The topological polar surface area (TPSA) is 49.4 Å². The highest BCUT2D eigenvalue weighted by molar-refractivity contribution is 6.27. The first-order chi connectivity index (χ1) is 10.0. The number of ketones is 1. The maximum atomic E-state index is 13.2. The number of hydrogen-bond donors (Lipinski definition) is 1. The Morgan fingerprint density at radius 2 is 2.10 bits per heavy atom. The fraction of sp³-hybridized carbons (Fsp3) is 0.467. The van der Waals surface area contributed by atoms with Crippen LogP contribution in [0.1, 0.15) is 29.6 Å². The molecule has 0 aliphatic carbocycles. The van der Waals surface area contributed by atoms with Gasteiger partial charge in [-0.05, 0) is 31.0 Å². The zero-order valence-corrected chi connectivity index (χ0v) is 12.3. The first kappa shape index (κ1) is 14.3. The molecule has 1 N–H and O–H groups in total. The number of nitrogens with one attached hydrogen (secondary N) is 1. The number of carbonyl (C=O) groups excluding carboxylic acids is 2. The largest absolute Gasteiger partial charge is 0.378 e. The van der Waals surface area contributed by atoms with Crippen LogP contribution in [0, 0.1) is 5.82 Å². The molecule has 4 nitrogen and oxygen atoms in total. The van der Waals surface area contributed by atoms with Crippen LogP contribution >= 0.6 is 11.6 Å². The monoisotopic (exact) mass is 310 g/mol. The number of halogens is 2. The molecule has 21 heavy (non-hydrogen) atoms. The summed E-state index contributed by atoms with van der Waals surface area (Å²) in [5.74, 6) is -0.527. The number of piperidine rings is 1. The average Bonchev–Trinajstić information content (AvgIpc) is 2.48. The molecule has 1 aromatic carbocycles. The second-order valence-corrected chi connectivity index (χ2v) is 5.98. The van der Waals surface area contributed by atoms with E-state index >= 15 is 0 Å². The van der Waals surface area contributed by atoms with Crippen LogP contribution in [0.5, 0.6) is 0 Å². The number of hydrogen-bond acceptors (Lipinski definition) is 3. The fourth-order valence-corrected chi connectivity index (χ4v) is 3.33. The van der Waals surface area contributed by atoms with Gasteiger partial charge < -0.3 is 10.2 Å². The van der Waals surface area contributed by atoms with Crippen LogP contribution in [0.2, 0.25) is 0 Å². The highest BCUT2D eigenvalue weighted by Gasteiger charge is 2.41. The van der Waals surface area contributed by atoms with Crippen LogP contribution in [0.3, 0.4) is 0 Å². The Labute approximate surface area is 127 Å². The van der Waals surface area contributed by atoms with Gasteiger partial charge in [0.2, 0.25) is 5.91 Å². The van der Waals surface area contributed by atoms with Crippen LogP contribution in [-0.4, -0.2) is 41.1 Å². The number of rotatable bonds is 1. The summed E-state index contributed by atoms with van der Waals surface area (Å²) in [5.41, 5.74) is 0.773. The van der Waals surface area contributed by atoms with Gasteiger partial charge in [-0.15, -0.1) is 11.6 Å². The third kappa shape index (κ3) is 2.62. The summed E-state index contributed by atoms with van der Waals surface area (Å²) in [6, 6.07) is 4.24. The molecule has 1 fully saturated rings. The fourth-order valence-electron chi connectivity index (χ4n) is 3.16. The van der Waals surface area contributed by atoms with Crippen LogP contribution in [-0.2, 0) is 4.79 Å². The van der Waals surface area contributed by atoms with E-state index in [1.165, 1.54) is 12.1 Å². The van der Waals surface area contributed by atoms with Gasteiger partial charge in [0.05, 0.1) is 0 Å². The summed E-state index contributed by atoms with van der Waals surface area (Å²) >= 11 is 5.57. The van der Waals surface area contributed by atoms with Gasteiger partial charge in [-0.2, -0.15) is 0 Å². The average molecular weight is 311 g/mol. The van der Waals surface area contributed by atoms with E-state index < -0.39 is 5.82 Å². The van der Waals surface area contributed by atoms with Gasteiger partial charge in [0.15, 0.2) is 5.78 Å². The SMILES string of the molecule is O=C1CC2(CCN(C(=O)CCl)CC2)Nc2ccc(F)cc21. The summed E-state index contributed by atoms with van der Waals surface area (Å²) in [7, 11) is 0. The quantitative estimate of drug-likeness (QED) is 0.811. The number of benzene rings is 1. The van der Waals surface area contributed by atoms with Crippen molar-refractivity contribution in [3.63, 3.8) is 0 Å². The lowest BCUT2D eigenvalue weighted by Gasteiger charge is -2.45. The molecule has 1 amide bonds. The van der Waals surface area contributed by atoms with Crippen molar-refractivity contribution in [3.8, 4) is 0 Å². The molecule has 0 radical (unpaired) electrons. The van der Waals surface area contributed by atoms with Crippen molar-refractivity contribution < 1.29 is 14.0 Å². The minimum absolute atomic E-state index is 0.0124. The lowest BCUT2D eigenvalue weighted by Crippen LogP contribution is -2.53. The highest BCUT2D eigenvalue weighted by atomic mass is 35.5. The maximum absolute atomic E-state index is 13.2. The normalized spacial score (nSPS) is 20.1. The number of carbonyl (C=O) groups is 2. The molecule has 2 heterocycles. The molecule has 6 heteroatoms. The molecule has 1 saturated heterocycles. The molecule has 0 bridgehead atoms. The summed E-state index contributed by atoms with van der Waals surface area (Å²) in [6.45, 7) is 1.17. The zero-order valence-electron chi connectivity index (χ0n) is 11.5. The summed E-state index contributed by atoms with van der Waals surface area (Å²) in [4.78, 5) is 25.6. The van der Waals surface area contributed by atoms with E-state index in [4.69, 9.17) is 11.6 Å². The standard InChI is InChI=1S/C15H16ClFN2O2/c16-9-14(21)19-5-3-15(4-6-19)8-13(20)11-7-10(17)1-2-12(11)18-15/h1-2,7,18H,3-6,8-9H2. The zero-order chi connectivity index (χ0) is 15.0. The van der Waals surface area contributed by atoms with Crippen molar-refractivity contribution in [1.29, 1.82) is 0 Å². The number of likely N-dealkylation sites (tertiary alicyclic amines) is 1. The first-order valence-electron chi connectivity index (χ1n) is 6.98. The Bertz CT molecular complexity index is 597. The Kier molecular flexibility index (Phi) is 3.61. The van der Waals surface area contributed by atoms with Crippen molar-refractivity contribution in [2.75, 3.05) is 24.3 Å². The Balaban J connectivity index is 1.79. The molecule has 2 aliphatic heterocycles. The van der Waals surface area contributed by atoms with Crippen LogP contribution in [0.4, 0.5) is 10.1 Å². The van der Waals surface area contributed by atoms with Crippen molar-refractivity contribution in [1.82, 2.24) is 4.90 Å². The molecule has 0 aromatic heterocycles. The maximum Gasteiger partial charge on any atom is 0.237 e. The van der Waals surface area contributed by atoms with E-state index in [1.807, 2.05) is 0 Å². The first-order valence-corrected chi connectivity index (χ1v) is 7.51. The van der Waals surface area contributed by atoms with E-state index in [9.17, 15) is 14.0 Å². The third-order valence-corrected chi connectivity index (χ3v) is 4.60. The van der Waals surface area contributed by atoms with Gasteiger partial charge in [-0.25, -0.2) is 4.39 Å². The van der Waals surface area contributed by atoms with Gasteiger partial charge in [-0.1, -0.05) is 0 Å². The number of fused-ring (bicyclic) bond motifs is 1. The summed E-state index contributed by atoms with van der Waals surface area (Å²) in [6.07, 6.45) is 1.72. The van der Waals surface area contributed by atoms with Crippen molar-refractivity contribution in [3.05, 3.63) is 29.6 Å². The minimum atomic E-state index is -0.401. The molecule has 112 valence electrons. The smallest absolute Gasteiger partial charge is 0.237 e. The predicted octanol–water partition coefficient (Wildman–Crippen LogP) is 2.42. The van der Waals surface area contributed by atoms with Crippen molar-refractivity contribution in [2.45, 2.75) is 24.8 Å². The molecule has 1 aromatic rings. The van der Waals surface area contributed by atoms with E-state index in [2.05, 4.69) is 5.32 Å². The van der Waals surface area contributed by atoms with Gasteiger partial charge in [-0.3, -0.25) is 9.59 Å². The van der Waals surface area contributed by atoms with Gasteiger partial charge in [0.25, 0.3) is 0 Å². The van der Waals surface area contributed by atoms with Crippen LogP contribution in [0.15, 0.2) is 18.2 Å². The van der Waals surface area contributed by atoms with Crippen molar-refractivity contribution in [2.24, 2.45) is 0 Å². The molecule has 0 saturated carbocycles. The predicted molar refractivity (Wildman–Crippen MR) is 78.2 cm³/mol. The molecule has 2 aliphatic rings. The van der Waals surface area contributed by atoms with Gasteiger partial charge in [0.1, 0.15) is 11.7 Å². The molecular weight excluding hydrogens is 295 g/mol. The van der Waals surface area contributed by atoms with Crippen LogP contribution in [0.25, 0.3) is 0 Å². The Morgan fingerprint density at radius 3 is 2.76 bits per heavy atom. The Morgan fingerprint density at radius 1 is 1.38 bits per heavy atom. The number of amides is 1. The molecule has 3 rings (SSSR count). The second-order valence-electron chi connectivity index (χ2n) is 5.71. The number of Topliss-reactive ketones (excluding diaryl/α,β-unsaturated/α-hetero) is 1. The minimum Gasteiger partial charge on any atom is -0.378 e. The molecule has 0 unspecified atom stereocenters.